The summed E-state index contributed by atoms with van der Waals surface area (Å²) in [5, 5.41) is 21.5. The maximum atomic E-state index is 7.17. The third-order valence-electron chi connectivity index (χ3n) is 4.68. The van der Waals surface area contributed by atoms with Crippen LogP contribution in [0.3, 0.4) is 0 Å². The molecule has 0 aromatic carbocycles. The van der Waals surface area contributed by atoms with Gasteiger partial charge in [0, 0.05) is 6.15 Å². The third-order valence-corrected chi connectivity index (χ3v) is 4.68. The monoisotopic (exact) mass is 301 g/mol. The van der Waals surface area contributed by atoms with Crippen LogP contribution in [0.25, 0.3) is 0 Å². The van der Waals surface area contributed by atoms with E-state index >= 15 is 0 Å². The zero-order valence-electron chi connectivity index (χ0n) is 15.0. The molecule has 0 aliphatic rings. The van der Waals surface area contributed by atoms with E-state index in [4.69, 9.17) is 15.1 Å². The number of unbranched alkanes of at least 4 members (excludes halogenated alkanes) is 4. The second-order valence-electron chi connectivity index (χ2n) is 6.65. The molecule has 0 rings (SSSR count). The first kappa shape index (κ1) is 23.3. The van der Waals surface area contributed by atoms with Gasteiger partial charge in [0.2, 0.25) is 0 Å². The van der Waals surface area contributed by atoms with Crippen LogP contribution in [0.1, 0.15) is 79.1 Å². The van der Waals surface area contributed by atoms with Crippen molar-refractivity contribution < 1.29 is 15.1 Å². The van der Waals surface area contributed by atoms with E-state index in [-0.39, 0.29) is 6.15 Å². The van der Waals surface area contributed by atoms with E-state index in [2.05, 4.69) is 27.7 Å². The van der Waals surface area contributed by atoms with Crippen molar-refractivity contribution in [2.45, 2.75) is 104 Å². The van der Waals surface area contributed by atoms with E-state index in [9.17, 15) is 0 Å². The Morgan fingerprint density at radius 2 is 0.762 bits per heavy atom. The molecule has 0 unspecified atom stereocenters. The minimum atomic E-state index is -2.17. The Kier molecular flexibility index (Phi) is 18.2. The van der Waals surface area contributed by atoms with Gasteiger partial charge >= 0.3 is 7.32 Å². The molecule has 0 aliphatic carbocycles. The van der Waals surface area contributed by atoms with Gasteiger partial charge in [-0.2, -0.15) is 25.3 Å². The van der Waals surface area contributed by atoms with Crippen molar-refractivity contribution >= 4 is 13.5 Å². The molecule has 128 valence electrons. The highest BCUT2D eigenvalue weighted by Gasteiger charge is 2.22. The largest absolute Gasteiger partial charge is 0.631 e. The zero-order chi connectivity index (χ0) is 16.6. The maximum Gasteiger partial charge on any atom is 0.631 e. The Morgan fingerprint density at radius 1 is 0.571 bits per heavy atom. The van der Waals surface area contributed by atoms with Crippen LogP contribution in [0.4, 0.5) is 0 Å². The summed E-state index contributed by atoms with van der Waals surface area (Å²) in [5.74, 6) is 0. The predicted octanol–water partition coefficient (Wildman–Crippen LogP) is 4.58. The molecule has 0 saturated heterocycles. The standard InChI is InChI=1S/C16H36B.BH3O3/c1-5-9-13-17(14-10-6-2,15-11-7-3)16-12-8-4;2-1(3)4/h5-16H2,1-4H3;2-4H/q-1;. The van der Waals surface area contributed by atoms with Crippen LogP contribution in [0.5, 0.6) is 0 Å². The van der Waals surface area contributed by atoms with E-state index in [0.29, 0.717) is 0 Å². The Morgan fingerprint density at radius 3 is 0.905 bits per heavy atom. The van der Waals surface area contributed by atoms with Crippen molar-refractivity contribution in [2.24, 2.45) is 0 Å². The summed E-state index contributed by atoms with van der Waals surface area (Å²) in [5.41, 5.74) is 0. The fraction of sp³-hybridized carbons (Fsp3) is 1.00. The molecule has 21 heavy (non-hydrogen) atoms. The van der Waals surface area contributed by atoms with E-state index in [1.807, 2.05) is 0 Å². The molecule has 0 atom stereocenters. The lowest BCUT2D eigenvalue weighted by molar-refractivity contribution is 0.278. The highest BCUT2D eigenvalue weighted by molar-refractivity contribution is 6.79. The second kappa shape index (κ2) is 16.4. The molecule has 5 heteroatoms. The minimum Gasteiger partial charge on any atom is -0.402 e. The van der Waals surface area contributed by atoms with E-state index in [1.165, 1.54) is 51.4 Å². The van der Waals surface area contributed by atoms with E-state index < -0.39 is 7.32 Å². The molecule has 0 heterocycles. The van der Waals surface area contributed by atoms with E-state index in [1.54, 1.807) is 25.3 Å². The Hall–Kier alpha value is 0.00987. The fourth-order valence-electron chi connectivity index (χ4n) is 3.41. The topological polar surface area (TPSA) is 60.7 Å². The summed E-state index contributed by atoms with van der Waals surface area (Å²) in [6.07, 6.45) is 17.6. The molecule has 0 aromatic heterocycles. The Bertz CT molecular complexity index is 162. The molecule has 0 spiro atoms. The summed E-state index contributed by atoms with van der Waals surface area (Å²) >= 11 is 0. The summed E-state index contributed by atoms with van der Waals surface area (Å²) in [4.78, 5) is 0. The van der Waals surface area contributed by atoms with Crippen molar-refractivity contribution in [2.75, 3.05) is 0 Å². The molecular weight excluding hydrogens is 262 g/mol. The van der Waals surface area contributed by atoms with Crippen molar-refractivity contribution in [3.8, 4) is 0 Å². The van der Waals surface area contributed by atoms with Gasteiger partial charge in [-0.3, -0.25) is 0 Å². The van der Waals surface area contributed by atoms with Gasteiger partial charge in [-0.25, -0.2) is 0 Å². The van der Waals surface area contributed by atoms with Crippen molar-refractivity contribution in [1.29, 1.82) is 0 Å². The van der Waals surface area contributed by atoms with Crippen LogP contribution >= 0.6 is 0 Å². The van der Waals surface area contributed by atoms with Gasteiger partial charge in [0.15, 0.2) is 0 Å². The number of rotatable bonds is 12. The fourth-order valence-corrected chi connectivity index (χ4v) is 3.41. The molecule has 0 aliphatic heterocycles. The first-order valence-corrected chi connectivity index (χ1v) is 9.24. The Labute approximate surface area is 133 Å². The third kappa shape index (κ3) is 16.2. The van der Waals surface area contributed by atoms with Crippen LogP contribution in [-0.2, 0) is 0 Å². The zero-order valence-corrected chi connectivity index (χ0v) is 15.0. The van der Waals surface area contributed by atoms with Crippen LogP contribution < -0.4 is 0 Å². The van der Waals surface area contributed by atoms with Gasteiger partial charge in [0.25, 0.3) is 0 Å². The molecule has 3 N–H and O–H groups in total. The molecule has 0 bridgehead atoms. The normalized spacial score (nSPS) is 11.0. The van der Waals surface area contributed by atoms with Crippen molar-refractivity contribution in [3.05, 3.63) is 0 Å². The maximum absolute atomic E-state index is 7.17. The molecule has 0 radical (unpaired) electrons. The second-order valence-corrected chi connectivity index (χ2v) is 6.65. The smallest absolute Gasteiger partial charge is 0.402 e. The molecule has 0 saturated carbocycles. The SMILES string of the molecule is CCCC[B-](CCCC)(CCCC)CCCC.OB(O)O. The summed E-state index contributed by atoms with van der Waals surface area (Å²) < 4.78 is 0. The highest BCUT2D eigenvalue weighted by atomic mass is 16.5. The van der Waals surface area contributed by atoms with Gasteiger partial charge in [-0.15, -0.1) is 0 Å². The summed E-state index contributed by atoms with van der Waals surface area (Å²) in [6, 6.07) is 0. The van der Waals surface area contributed by atoms with Crippen molar-refractivity contribution in [1.82, 2.24) is 0 Å². The first-order valence-electron chi connectivity index (χ1n) is 9.24. The lowest BCUT2D eigenvalue weighted by Crippen LogP contribution is -2.33. The van der Waals surface area contributed by atoms with E-state index in [0.717, 1.165) is 0 Å². The molecule has 0 fully saturated rings. The van der Waals surface area contributed by atoms with Gasteiger partial charge in [0.05, 0.1) is 0 Å². The molecule has 0 amide bonds. The lowest BCUT2D eigenvalue weighted by atomic mass is 9.17. The molecule has 0 aromatic rings. The summed E-state index contributed by atoms with van der Waals surface area (Å²) in [6.45, 7) is 9.39. The van der Waals surface area contributed by atoms with Crippen molar-refractivity contribution in [3.63, 3.8) is 0 Å². The highest BCUT2D eigenvalue weighted by Crippen LogP contribution is 2.33. The molecule has 3 nitrogen and oxygen atoms in total. The van der Waals surface area contributed by atoms with Crippen LogP contribution in [0, 0.1) is 0 Å². The average molecular weight is 301 g/mol. The van der Waals surface area contributed by atoms with Crippen LogP contribution in [0.2, 0.25) is 25.3 Å². The van der Waals surface area contributed by atoms with Gasteiger partial charge in [-0.05, 0) is 0 Å². The van der Waals surface area contributed by atoms with Gasteiger partial charge < -0.3 is 15.1 Å². The summed E-state index contributed by atoms with van der Waals surface area (Å²) in [7, 11) is -2.17. The van der Waals surface area contributed by atoms with Crippen LogP contribution in [0.15, 0.2) is 0 Å². The van der Waals surface area contributed by atoms with Gasteiger partial charge in [-0.1, -0.05) is 79.1 Å². The first-order chi connectivity index (χ1) is 9.97. The number of hydrogen-bond donors (Lipinski definition) is 3. The minimum absolute atomic E-state index is 0.00722. The molecular formula is C16H39B2O3-. The van der Waals surface area contributed by atoms with Crippen LogP contribution in [-0.4, -0.2) is 28.5 Å². The Balaban J connectivity index is 0. The van der Waals surface area contributed by atoms with Gasteiger partial charge in [0.1, 0.15) is 0 Å². The quantitative estimate of drug-likeness (QED) is 0.462. The number of hydrogen-bond acceptors (Lipinski definition) is 3. The average Bonchev–Trinajstić information content (AvgIpc) is 2.45. The predicted molar refractivity (Wildman–Crippen MR) is 97.0 cm³/mol. The lowest BCUT2D eigenvalue weighted by Gasteiger charge is -2.40.